The molecule has 4 N–H and O–H groups in total. The van der Waals surface area contributed by atoms with Gasteiger partial charge in [0.15, 0.2) is 5.84 Å². The lowest BCUT2D eigenvalue weighted by molar-refractivity contribution is 0.140. The second-order valence-corrected chi connectivity index (χ2v) is 3.91. The number of aliphatic hydroxyl groups excluding tert-OH is 1. The van der Waals surface area contributed by atoms with E-state index in [-0.39, 0.29) is 11.9 Å². The summed E-state index contributed by atoms with van der Waals surface area (Å²) in [6, 6.07) is 1.75. The predicted octanol–water partition coefficient (Wildman–Crippen LogP) is -1.15. The van der Waals surface area contributed by atoms with E-state index in [2.05, 4.69) is 10.3 Å². The minimum Gasteiger partial charge on any atom is -0.409 e. The van der Waals surface area contributed by atoms with Crippen molar-refractivity contribution in [2.75, 3.05) is 19.6 Å². The molecule has 16 heavy (non-hydrogen) atoms. The summed E-state index contributed by atoms with van der Waals surface area (Å²) >= 11 is 0. The Hall–Kier alpha value is -1.60. The summed E-state index contributed by atoms with van der Waals surface area (Å²) in [7, 11) is 0. The normalized spacial score (nSPS) is 27.4. The molecular formula is C9H15N5O2. The second-order valence-electron chi connectivity index (χ2n) is 3.91. The highest BCUT2D eigenvalue weighted by atomic mass is 16.4. The van der Waals surface area contributed by atoms with Gasteiger partial charge in [-0.3, -0.25) is 9.58 Å². The fourth-order valence-corrected chi connectivity index (χ4v) is 1.97. The first-order valence-corrected chi connectivity index (χ1v) is 5.06. The molecule has 1 aromatic rings. The zero-order valence-corrected chi connectivity index (χ0v) is 8.77. The van der Waals surface area contributed by atoms with Crippen LogP contribution in [0.2, 0.25) is 0 Å². The largest absolute Gasteiger partial charge is 0.409 e. The number of hydrogen-bond donors (Lipinski definition) is 3. The average molecular weight is 225 g/mol. The first-order valence-electron chi connectivity index (χ1n) is 5.06. The van der Waals surface area contributed by atoms with Gasteiger partial charge in [-0.2, -0.15) is 5.10 Å². The number of aromatic nitrogens is 2. The van der Waals surface area contributed by atoms with Crippen LogP contribution < -0.4 is 5.73 Å². The van der Waals surface area contributed by atoms with E-state index in [0.717, 1.165) is 0 Å². The monoisotopic (exact) mass is 225 g/mol. The van der Waals surface area contributed by atoms with Crippen LogP contribution in [0.5, 0.6) is 0 Å². The SMILES string of the molecule is NC(CN1C[C@@H](O)[C@@H](n2cccn2)C1)=NO. The predicted molar refractivity (Wildman–Crippen MR) is 57.1 cm³/mol. The molecule has 2 rings (SSSR count). The van der Waals surface area contributed by atoms with Crippen molar-refractivity contribution in [2.45, 2.75) is 12.1 Å². The molecule has 0 unspecified atom stereocenters. The summed E-state index contributed by atoms with van der Waals surface area (Å²) in [5.41, 5.74) is 5.42. The number of likely N-dealkylation sites (tertiary alicyclic amines) is 1. The number of β-amino-alcohol motifs (C(OH)–C–C–N with tert-alkyl or cyclic N) is 1. The van der Waals surface area contributed by atoms with Crippen LogP contribution >= 0.6 is 0 Å². The first-order chi connectivity index (χ1) is 7.70. The zero-order chi connectivity index (χ0) is 11.5. The Morgan fingerprint density at radius 2 is 2.38 bits per heavy atom. The molecule has 1 aromatic heterocycles. The van der Waals surface area contributed by atoms with E-state index >= 15 is 0 Å². The lowest BCUT2D eigenvalue weighted by atomic mass is 10.2. The number of aliphatic hydroxyl groups is 1. The van der Waals surface area contributed by atoms with E-state index in [1.165, 1.54) is 0 Å². The highest BCUT2D eigenvalue weighted by Gasteiger charge is 2.33. The third-order valence-electron chi connectivity index (χ3n) is 2.71. The molecule has 0 amide bonds. The standard InChI is InChI=1S/C9H15N5O2/c10-9(12-16)6-13-4-7(8(15)5-13)14-3-1-2-11-14/h1-3,7-8,15-16H,4-6H2,(H2,10,12)/t7-,8+/m0/s1. The van der Waals surface area contributed by atoms with Gasteiger partial charge < -0.3 is 16.0 Å². The van der Waals surface area contributed by atoms with E-state index in [1.54, 1.807) is 10.9 Å². The molecule has 1 saturated heterocycles. The van der Waals surface area contributed by atoms with E-state index in [9.17, 15) is 5.11 Å². The quantitative estimate of drug-likeness (QED) is 0.261. The number of nitrogens with two attached hydrogens (primary N) is 1. The van der Waals surface area contributed by atoms with Crippen molar-refractivity contribution < 1.29 is 10.3 Å². The Labute approximate surface area is 92.8 Å². The Bertz CT molecular complexity index is 364. The summed E-state index contributed by atoms with van der Waals surface area (Å²) in [5.74, 6) is 0.147. The topological polar surface area (TPSA) is 99.9 Å². The maximum Gasteiger partial charge on any atom is 0.153 e. The van der Waals surface area contributed by atoms with Crippen molar-refractivity contribution in [3.05, 3.63) is 18.5 Å². The summed E-state index contributed by atoms with van der Waals surface area (Å²) in [5, 5.41) is 25.4. The molecule has 7 nitrogen and oxygen atoms in total. The van der Waals surface area contributed by atoms with Crippen molar-refractivity contribution in [1.82, 2.24) is 14.7 Å². The molecule has 1 fully saturated rings. The third kappa shape index (κ3) is 2.15. The van der Waals surface area contributed by atoms with Crippen LogP contribution in [0.25, 0.3) is 0 Å². The fourth-order valence-electron chi connectivity index (χ4n) is 1.97. The van der Waals surface area contributed by atoms with E-state index in [4.69, 9.17) is 10.9 Å². The summed E-state index contributed by atoms with van der Waals surface area (Å²) in [6.45, 7) is 1.49. The Balaban J connectivity index is 1.99. The zero-order valence-electron chi connectivity index (χ0n) is 8.77. The molecule has 0 radical (unpaired) electrons. The molecule has 0 aromatic carbocycles. The number of hydrogen-bond acceptors (Lipinski definition) is 5. The van der Waals surface area contributed by atoms with Gasteiger partial charge in [0.05, 0.1) is 18.7 Å². The molecule has 88 valence electrons. The van der Waals surface area contributed by atoms with Crippen molar-refractivity contribution >= 4 is 5.84 Å². The Morgan fingerprint density at radius 1 is 1.56 bits per heavy atom. The first kappa shape index (κ1) is 10.9. The van der Waals surface area contributed by atoms with Gasteiger partial charge in [0, 0.05) is 25.5 Å². The molecule has 1 aliphatic rings. The van der Waals surface area contributed by atoms with Crippen LogP contribution in [0.15, 0.2) is 23.6 Å². The van der Waals surface area contributed by atoms with Gasteiger partial charge in [0.2, 0.25) is 0 Å². The van der Waals surface area contributed by atoms with Gasteiger partial charge in [0.1, 0.15) is 0 Å². The van der Waals surface area contributed by atoms with Crippen LogP contribution in [-0.2, 0) is 0 Å². The molecule has 1 aliphatic heterocycles. The van der Waals surface area contributed by atoms with Crippen LogP contribution in [0, 0.1) is 0 Å². The summed E-state index contributed by atoms with van der Waals surface area (Å²) in [4.78, 5) is 1.92. The smallest absolute Gasteiger partial charge is 0.153 e. The number of oxime groups is 1. The maximum absolute atomic E-state index is 9.87. The van der Waals surface area contributed by atoms with Crippen LogP contribution in [0.1, 0.15) is 6.04 Å². The molecular weight excluding hydrogens is 210 g/mol. The van der Waals surface area contributed by atoms with Gasteiger partial charge in [-0.25, -0.2) is 0 Å². The number of amidine groups is 1. The van der Waals surface area contributed by atoms with Crippen LogP contribution in [0.3, 0.4) is 0 Å². The summed E-state index contributed by atoms with van der Waals surface area (Å²) in [6.07, 6.45) is 3.02. The van der Waals surface area contributed by atoms with Crippen molar-refractivity contribution in [3.63, 3.8) is 0 Å². The molecule has 0 aliphatic carbocycles. The highest BCUT2D eigenvalue weighted by molar-refractivity contribution is 5.81. The van der Waals surface area contributed by atoms with E-state index in [1.807, 2.05) is 17.2 Å². The lowest BCUT2D eigenvalue weighted by Gasteiger charge is -2.14. The molecule has 2 heterocycles. The molecule has 7 heteroatoms. The summed E-state index contributed by atoms with van der Waals surface area (Å²) < 4.78 is 1.73. The van der Waals surface area contributed by atoms with E-state index in [0.29, 0.717) is 19.6 Å². The maximum atomic E-state index is 9.87. The van der Waals surface area contributed by atoms with Gasteiger partial charge in [-0.05, 0) is 6.07 Å². The van der Waals surface area contributed by atoms with Gasteiger partial charge in [-0.15, -0.1) is 0 Å². The van der Waals surface area contributed by atoms with Gasteiger partial charge >= 0.3 is 0 Å². The van der Waals surface area contributed by atoms with Gasteiger partial charge in [-0.1, -0.05) is 5.16 Å². The van der Waals surface area contributed by atoms with Crippen LogP contribution in [-0.4, -0.2) is 56.6 Å². The van der Waals surface area contributed by atoms with Crippen molar-refractivity contribution in [1.29, 1.82) is 0 Å². The fraction of sp³-hybridized carbons (Fsp3) is 0.556. The molecule has 0 saturated carbocycles. The Morgan fingerprint density at radius 3 is 3.00 bits per heavy atom. The Kier molecular flexibility index (Phi) is 3.07. The molecule has 2 atom stereocenters. The van der Waals surface area contributed by atoms with Crippen molar-refractivity contribution in [3.8, 4) is 0 Å². The number of nitrogens with zero attached hydrogens (tertiary/aromatic N) is 4. The molecule has 0 bridgehead atoms. The average Bonchev–Trinajstić information content (AvgIpc) is 2.87. The minimum absolute atomic E-state index is 0.0681. The number of rotatable bonds is 3. The lowest BCUT2D eigenvalue weighted by Crippen LogP contribution is -2.33. The van der Waals surface area contributed by atoms with Crippen LogP contribution in [0.4, 0.5) is 0 Å². The third-order valence-corrected chi connectivity index (χ3v) is 2.71. The van der Waals surface area contributed by atoms with E-state index < -0.39 is 6.10 Å². The minimum atomic E-state index is -0.480. The van der Waals surface area contributed by atoms with Gasteiger partial charge in [0.25, 0.3) is 0 Å². The van der Waals surface area contributed by atoms with Crippen molar-refractivity contribution in [2.24, 2.45) is 10.9 Å². The second kappa shape index (κ2) is 4.50. The highest BCUT2D eigenvalue weighted by Crippen LogP contribution is 2.20. The molecule has 0 spiro atoms.